The van der Waals surface area contributed by atoms with Crippen molar-refractivity contribution in [1.29, 1.82) is 0 Å². The summed E-state index contributed by atoms with van der Waals surface area (Å²) in [7, 11) is 0. The molecule has 32 heavy (non-hydrogen) atoms. The van der Waals surface area contributed by atoms with Crippen LogP contribution in [0, 0.1) is 0 Å². The summed E-state index contributed by atoms with van der Waals surface area (Å²) < 4.78 is 3.36. The van der Waals surface area contributed by atoms with Crippen LogP contribution in [-0.4, -0.2) is 6.72 Å². The van der Waals surface area contributed by atoms with Crippen LogP contribution in [-0.2, 0) is 6.42 Å². The Labute approximate surface area is 206 Å². The van der Waals surface area contributed by atoms with Crippen LogP contribution >= 0.6 is 47.1 Å². The number of rotatable bonds is 7. The molecule has 0 amide bonds. The van der Waals surface area contributed by atoms with E-state index in [1.54, 1.807) is 17.1 Å². The Morgan fingerprint density at radius 3 is 2.50 bits per heavy atom. The van der Waals surface area contributed by atoms with E-state index in [1.165, 1.54) is 29.5 Å². The summed E-state index contributed by atoms with van der Waals surface area (Å²) in [6.07, 6.45) is 1.62. The van der Waals surface area contributed by atoms with E-state index in [1.807, 2.05) is 36.4 Å². The lowest BCUT2D eigenvalue weighted by molar-refractivity contribution is 0.884. The van der Waals surface area contributed by atoms with Gasteiger partial charge in [-0.3, -0.25) is 5.14 Å². The van der Waals surface area contributed by atoms with E-state index in [4.69, 9.17) is 34.1 Å². The number of nitrogens with zero attached hydrogens (tertiary/aromatic N) is 2. The lowest BCUT2D eigenvalue weighted by atomic mass is 9.91. The summed E-state index contributed by atoms with van der Waals surface area (Å²) in [5.41, 5.74) is 12.1. The zero-order valence-corrected chi connectivity index (χ0v) is 20.2. The molecule has 0 heterocycles. The molecule has 4 rings (SSSR count). The van der Waals surface area contributed by atoms with Crippen molar-refractivity contribution >= 4 is 70.9 Å². The third kappa shape index (κ3) is 4.87. The van der Waals surface area contributed by atoms with Gasteiger partial charge >= 0.3 is 0 Å². The summed E-state index contributed by atoms with van der Waals surface area (Å²) in [5, 5.41) is 13.0. The number of fused-ring (bicyclic) bond motifs is 1. The van der Waals surface area contributed by atoms with Crippen molar-refractivity contribution in [2.45, 2.75) is 22.6 Å². The predicted molar refractivity (Wildman–Crippen MR) is 140 cm³/mol. The minimum absolute atomic E-state index is 0.633. The quantitative estimate of drug-likeness (QED) is 0.188. The first-order valence-electron chi connectivity index (χ1n) is 9.73. The monoisotopic (exact) mass is 501 g/mol. The zero-order chi connectivity index (χ0) is 22.7. The molecule has 0 radical (unpaired) electrons. The van der Waals surface area contributed by atoms with Gasteiger partial charge in [0.05, 0.1) is 16.4 Å². The highest BCUT2D eigenvalue weighted by molar-refractivity contribution is 8.00. The lowest BCUT2D eigenvalue weighted by Gasteiger charge is -2.29. The van der Waals surface area contributed by atoms with E-state index in [9.17, 15) is 0 Å². The smallest absolute Gasteiger partial charge is 0.0915 e. The number of hydrogen-bond acceptors (Lipinski definition) is 7. The van der Waals surface area contributed by atoms with Gasteiger partial charge in [0.1, 0.15) is 0 Å². The van der Waals surface area contributed by atoms with E-state index in [0.717, 1.165) is 51.0 Å². The highest BCUT2D eigenvalue weighted by Crippen LogP contribution is 2.38. The first-order chi connectivity index (χ1) is 15.5. The highest BCUT2D eigenvalue weighted by Gasteiger charge is 2.24. The second-order valence-electron chi connectivity index (χ2n) is 7.09. The number of hydrogen-bond donors (Lipinski definition) is 3. The van der Waals surface area contributed by atoms with Crippen LogP contribution in [0.15, 0.2) is 81.3 Å². The van der Waals surface area contributed by atoms with Crippen molar-refractivity contribution < 1.29 is 0 Å². The average molecular weight is 502 g/mol. The SMILES string of the molecule is C=NN(C1=C(N)CCc2ccc(NSc3cc(Cl)ccc3Cl)cc21)c1ccc(SN)cc1. The number of allylic oxidation sites excluding steroid dienone is 1. The van der Waals surface area contributed by atoms with Crippen molar-refractivity contribution in [2.24, 2.45) is 16.0 Å². The van der Waals surface area contributed by atoms with Crippen LogP contribution in [0.4, 0.5) is 11.4 Å². The normalized spacial score (nSPS) is 13.0. The van der Waals surface area contributed by atoms with Crippen molar-refractivity contribution in [2.75, 3.05) is 9.73 Å². The molecular weight excluding hydrogens is 481 g/mol. The van der Waals surface area contributed by atoms with Gasteiger partial charge in [0.2, 0.25) is 0 Å². The summed E-state index contributed by atoms with van der Waals surface area (Å²) in [6.45, 7) is 3.79. The molecule has 0 unspecified atom stereocenters. The van der Waals surface area contributed by atoms with Crippen LogP contribution in [0.25, 0.3) is 5.70 Å². The average Bonchev–Trinajstić information content (AvgIpc) is 2.81. The Morgan fingerprint density at radius 1 is 1.00 bits per heavy atom. The molecule has 3 aromatic carbocycles. The molecule has 1 aliphatic carbocycles. The Morgan fingerprint density at radius 2 is 1.78 bits per heavy atom. The lowest BCUT2D eigenvalue weighted by Crippen LogP contribution is -2.23. The standard InChI is InChI=1S/C23H21Cl2N5S2/c1-28-30(17-6-8-18(31-27)9-7-17)23-19-13-16(5-2-14(19)3-11-21(23)26)29-32-22-12-15(24)4-10-20(22)25/h2,4-10,12-13,29H,1,3,11,26-27H2. The van der Waals surface area contributed by atoms with E-state index in [0.29, 0.717) is 10.0 Å². The van der Waals surface area contributed by atoms with E-state index >= 15 is 0 Å². The zero-order valence-electron chi connectivity index (χ0n) is 17.0. The van der Waals surface area contributed by atoms with Crippen LogP contribution in [0.3, 0.4) is 0 Å². The van der Waals surface area contributed by atoms with Crippen LogP contribution in [0.5, 0.6) is 0 Å². The molecule has 5 nitrogen and oxygen atoms in total. The molecule has 0 atom stereocenters. The maximum atomic E-state index is 6.48. The van der Waals surface area contributed by atoms with Gasteiger partial charge in [-0.1, -0.05) is 29.3 Å². The third-order valence-electron chi connectivity index (χ3n) is 5.08. The van der Waals surface area contributed by atoms with E-state index < -0.39 is 0 Å². The van der Waals surface area contributed by atoms with Gasteiger partial charge in [0.15, 0.2) is 0 Å². The minimum Gasteiger partial charge on any atom is -0.400 e. The van der Waals surface area contributed by atoms with Gasteiger partial charge in [0, 0.05) is 38.5 Å². The number of benzene rings is 3. The predicted octanol–water partition coefficient (Wildman–Crippen LogP) is 6.77. The Balaban J connectivity index is 1.66. The first kappa shape index (κ1) is 22.9. The second-order valence-corrected chi connectivity index (χ2v) is 9.49. The molecule has 1 aliphatic rings. The third-order valence-corrected chi connectivity index (χ3v) is 7.19. The number of nitrogens with one attached hydrogen (secondary N) is 1. The number of halogens is 2. The fourth-order valence-corrected chi connectivity index (χ4v) is 4.98. The van der Waals surface area contributed by atoms with Gasteiger partial charge in [-0.05, 0) is 96.9 Å². The molecule has 164 valence electrons. The first-order valence-corrected chi connectivity index (χ1v) is 12.2. The summed E-state index contributed by atoms with van der Waals surface area (Å²) in [5.74, 6) is 0. The molecule has 5 N–H and O–H groups in total. The van der Waals surface area contributed by atoms with Crippen molar-refractivity contribution in [1.82, 2.24) is 0 Å². The summed E-state index contributed by atoms with van der Waals surface area (Å²) in [6, 6.07) is 19.4. The fourth-order valence-electron chi connectivity index (χ4n) is 3.51. The molecule has 0 spiro atoms. The fraction of sp³-hybridized carbons (Fsp3) is 0.0870. The molecular formula is C23H21Cl2N5S2. The second kappa shape index (κ2) is 10.1. The Bertz CT molecular complexity index is 1180. The summed E-state index contributed by atoms with van der Waals surface area (Å²) >= 11 is 15.0. The number of anilines is 2. The highest BCUT2D eigenvalue weighted by atomic mass is 35.5. The maximum Gasteiger partial charge on any atom is 0.0915 e. The largest absolute Gasteiger partial charge is 0.400 e. The Hall–Kier alpha value is -2.29. The van der Waals surface area contributed by atoms with Crippen molar-refractivity contribution in [3.05, 3.63) is 87.5 Å². The molecule has 9 heteroatoms. The van der Waals surface area contributed by atoms with Gasteiger partial charge in [-0.15, -0.1) is 0 Å². The van der Waals surface area contributed by atoms with Crippen LogP contribution in [0.1, 0.15) is 17.5 Å². The summed E-state index contributed by atoms with van der Waals surface area (Å²) in [4.78, 5) is 1.81. The van der Waals surface area contributed by atoms with Crippen molar-refractivity contribution in [3.63, 3.8) is 0 Å². The molecule has 0 fully saturated rings. The van der Waals surface area contributed by atoms with Crippen molar-refractivity contribution in [3.8, 4) is 0 Å². The van der Waals surface area contributed by atoms with E-state index in [-0.39, 0.29) is 0 Å². The maximum absolute atomic E-state index is 6.48. The molecule has 0 aromatic heterocycles. The topological polar surface area (TPSA) is 79.7 Å². The number of aryl methyl sites for hydroxylation is 1. The Kier molecular flexibility index (Phi) is 7.23. The van der Waals surface area contributed by atoms with Gasteiger partial charge < -0.3 is 10.5 Å². The van der Waals surface area contributed by atoms with Crippen LogP contribution in [0.2, 0.25) is 10.0 Å². The number of nitrogens with two attached hydrogens (primary N) is 2. The van der Waals surface area contributed by atoms with Gasteiger partial charge in [-0.2, -0.15) is 5.10 Å². The molecule has 0 saturated carbocycles. The molecule has 0 bridgehead atoms. The minimum atomic E-state index is 0.633. The number of hydrazone groups is 1. The van der Waals surface area contributed by atoms with E-state index in [2.05, 4.69) is 28.7 Å². The van der Waals surface area contributed by atoms with Gasteiger partial charge in [0.25, 0.3) is 0 Å². The molecule has 0 saturated heterocycles. The molecule has 0 aliphatic heterocycles. The molecule has 3 aromatic rings. The van der Waals surface area contributed by atoms with Crippen LogP contribution < -0.4 is 20.6 Å². The van der Waals surface area contributed by atoms with Gasteiger partial charge in [-0.25, -0.2) is 5.01 Å².